The lowest BCUT2D eigenvalue weighted by Crippen LogP contribution is -2.36. The summed E-state index contributed by atoms with van der Waals surface area (Å²) >= 11 is 0. The number of aromatic hydroxyl groups is 2. The quantitative estimate of drug-likeness (QED) is 0.717. The van der Waals surface area contributed by atoms with Crippen LogP contribution in [-0.4, -0.2) is 27.4 Å². The molecule has 6 heteroatoms. The summed E-state index contributed by atoms with van der Waals surface area (Å²) in [6.45, 7) is 0. The number of aliphatic hydroxyl groups is 1. The largest absolute Gasteiger partial charge is 0.872 e. The lowest BCUT2D eigenvalue weighted by atomic mass is 9.87. The van der Waals surface area contributed by atoms with E-state index < -0.39 is 23.7 Å². The molecule has 1 aliphatic heterocycles. The van der Waals surface area contributed by atoms with Crippen molar-refractivity contribution < 1.29 is 30.0 Å². The van der Waals surface area contributed by atoms with Crippen LogP contribution in [0.25, 0.3) is 0 Å². The average molecular weight is 287 g/mol. The molecule has 0 saturated carbocycles. The molecular weight excluding hydrogens is 276 g/mol. The summed E-state index contributed by atoms with van der Waals surface area (Å²) in [6.07, 6.45) is -1.48. The van der Waals surface area contributed by atoms with E-state index in [0.717, 1.165) is 12.1 Å². The molecule has 0 saturated heterocycles. The van der Waals surface area contributed by atoms with Crippen molar-refractivity contribution in [1.82, 2.24) is 0 Å². The predicted octanol–water partition coefficient (Wildman–Crippen LogP) is 0.849. The van der Waals surface area contributed by atoms with Crippen molar-refractivity contribution in [1.29, 1.82) is 0 Å². The van der Waals surface area contributed by atoms with Gasteiger partial charge in [0.05, 0.1) is 5.56 Å². The molecule has 3 rings (SSSR count). The highest BCUT2D eigenvalue weighted by Crippen LogP contribution is 2.41. The first-order valence-corrected chi connectivity index (χ1v) is 6.19. The van der Waals surface area contributed by atoms with Gasteiger partial charge in [0.2, 0.25) is 6.29 Å². The van der Waals surface area contributed by atoms with E-state index in [9.17, 15) is 25.2 Å². The Kier molecular flexibility index (Phi) is 2.95. The van der Waals surface area contributed by atoms with Crippen LogP contribution in [0.3, 0.4) is 0 Å². The summed E-state index contributed by atoms with van der Waals surface area (Å²) in [5.74, 6) is -2.75. The second-order valence-corrected chi connectivity index (χ2v) is 4.76. The van der Waals surface area contributed by atoms with Crippen LogP contribution in [-0.2, 0) is 0 Å². The van der Waals surface area contributed by atoms with Gasteiger partial charge in [-0.15, -0.1) is 0 Å². The van der Waals surface area contributed by atoms with Gasteiger partial charge in [-0.2, -0.15) is 0 Å². The maximum Gasteiger partial charge on any atom is 0.211 e. The van der Waals surface area contributed by atoms with Gasteiger partial charge in [-0.3, -0.25) is 4.79 Å². The van der Waals surface area contributed by atoms with E-state index in [1.807, 2.05) is 0 Å². The van der Waals surface area contributed by atoms with Crippen molar-refractivity contribution in [2.45, 2.75) is 12.2 Å². The summed E-state index contributed by atoms with van der Waals surface area (Å²) in [7, 11) is 0. The van der Waals surface area contributed by atoms with Crippen molar-refractivity contribution in [2.24, 2.45) is 0 Å². The summed E-state index contributed by atoms with van der Waals surface area (Å²) in [5.41, 5.74) is 0.222. The van der Waals surface area contributed by atoms with Crippen LogP contribution in [0.4, 0.5) is 0 Å². The number of fused-ring (bicyclic) bond motifs is 1. The second kappa shape index (κ2) is 4.68. The number of ether oxygens (including phenoxy) is 1. The molecule has 0 aliphatic carbocycles. The van der Waals surface area contributed by atoms with Crippen LogP contribution in [0, 0.1) is 0 Å². The second-order valence-electron chi connectivity index (χ2n) is 4.76. The number of phenols is 2. The topological polar surface area (TPSA) is 110 Å². The van der Waals surface area contributed by atoms with Crippen LogP contribution in [0.15, 0.2) is 36.4 Å². The molecule has 3 N–H and O–H groups in total. The van der Waals surface area contributed by atoms with Gasteiger partial charge in [0.1, 0.15) is 23.2 Å². The molecule has 0 fully saturated rings. The molecule has 21 heavy (non-hydrogen) atoms. The fraction of sp³-hybridized carbons (Fsp3) is 0.133. The number of Topliss-reactive ketones (excluding diaryl/α,β-unsaturated/α-hetero) is 1. The van der Waals surface area contributed by atoms with Gasteiger partial charge in [-0.05, 0) is 23.8 Å². The first-order chi connectivity index (χ1) is 9.97. The Hall–Kier alpha value is -2.73. The van der Waals surface area contributed by atoms with Crippen LogP contribution >= 0.6 is 0 Å². The highest BCUT2D eigenvalue weighted by molar-refractivity contribution is 6.06. The fourth-order valence-corrected chi connectivity index (χ4v) is 2.39. The average Bonchev–Trinajstić information content (AvgIpc) is 2.39. The van der Waals surface area contributed by atoms with Gasteiger partial charge in [-0.25, -0.2) is 0 Å². The Morgan fingerprint density at radius 3 is 2.38 bits per heavy atom. The Morgan fingerprint density at radius 1 is 1.05 bits per heavy atom. The summed E-state index contributed by atoms with van der Waals surface area (Å²) in [6, 6.07) is 7.73. The minimum atomic E-state index is -1.48. The minimum Gasteiger partial charge on any atom is -0.872 e. The molecule has 0 spiro atoms. The zero-order valence-electron chi connectivity index (χ0n) is 10.7. The molecule has 2 atom stereocenters. The smallest absolute Gasteiger partial charge is 0.211 e. The summed E-state index contributed by atoms with van der Waals surface area (Å²) in [4.78, 5) is 12.5. The molecule has 0 amide bonds. The first-order valence-electron chi connectivity index (χ1n) is 6.19. The number of phenolic OH excluding ortho intramolecular Hbond substituents is 2. The molecule has 0 radical (unpaired) electrons. The third kappa shape index (κ3) is 2.15. The standard InChI is InChI=1S/C15H12O6/c16-8-3-1-7(2-4-8)12-14(19)13-10(18)5-9(17)6-11(13)21-15(12)20/h1-6,12,15-18,20H/p-1. The Bertz CT molecular complexity index is 707. The lowest BCUT2D eigenvalue weighted by molar-refractivity contribution is -0.269. The van der Waals surface area contributed by atoms with Crippen LogP contribution in [0.5, 0.6) is 23.0 Å². The molecule has 108 valence electrons. The fourth-order valence-electron chi connectivity index (χ4n) is 2.39. The van der Waals surface area contributed by atoms with Crippen LogP contribution in [0.1, 0.15) is 21.8 Å². The van der Waals surface area contributed by atoms with E-state index in [1.54, 1.807) is 0 Å². The van der Waals surface area contributed by atoms with Crippen molar-refractivity contribution in [3.63, 3.8) is 0 Å². The molecule has 0 aromatic heterocycles. The van der Waals surface area contributed by atoms with Crippen molar-refractivity contribution in [2.75, 3.05) is 0 Å². The number of hydrogen-bond donors (Lipinski definition) is 3. The number of carbonyl (C=O) groups excluding carboxylic acids is 1. The molecule has 2 aromatic rings. The number of ketones is 1. The molecule has 2 aromatic carbocycles. The van der Waals surface area contributed by atoms with E-state index in [-0.39, 0.29) is 22.8 Å². The minimum absolute atomic E-state index is 0.0206. The molecule has 1 aliphatic rings. The van der Waals surface area contributed by atoms with Gasteiger partial charge in [0.25, 0.3) is 0 Å². The Labute approximate surface area is 119 Å². The van der Waals surface area contributed by atoms with E-state index in [4.69, 9.17) is 4.74 Å². The van der Waals surface area contributed by atoms with E-state index in [0.29, 0.717) is 5.56 Å². The molecular formula is C15H11O6-. The lowest BCUT2D eigenvalue weighted by Gasteiger charge is -2.31. The SMILES string of the molecule is O=C1c2c([O-])cc(O)cc2OC(O)C1c1ccc(O)cc1. The van der Waals surface area contributed by atoms with Crippen LogP contribution < -0.4 is 9.84 Å². The first kappa shape index (κ1) is 13.3. The number of carbonyl (C=O) groups is 1. The predicted molar refractivity (Wildman–Crippen MR) is 69.4 cm³/mol. The van der Waals surface area contributed by atoms with Crippen molar-refractivity contribution in [3.05, 3.63) is 47.5 Å². The Balaban J connectivity index is 2.09. The maximum absolute atomic E-state index is 12.5. The maximum atomic E-state index is 12.5. The van der Waals surface area contributed by atoms with Gasteiger partial charge >= 0.3 is 0 Å². The Morgan fingerprint density at radius 2 is 1.71 bits per heavy atom. The van der Waals surface area contributed by atoms with Crippen molar-refractivity contribution >= 4 is 5.78 Å². The van der Waals surface area contributed by atoms with Crippen LogP contribution in [0.2, 0.25) is 0 Å². The highest BCUT2D eigenvalue weighted by atomic mass is 16.6. The third-order valence-corrected chi connectivity index (χ3v) is 3.36. The highest BCUT2D eigenvalue weighted by Gasteiger charge is 2.37. The molecule has 2 unspecified atom stereocenters. The normalized spacial score (nSPS) is 20.7. The number of hydrogen-bond acceptors (Lipinski definition) is 6. The monoisotopic (exact) mass is 287 g/mol. The number of benzene rings is 2. The summed E-state index contributed by atoms with van der Waals surface area (Å²) < 4.78 is 5.17. The summed E-state index contributed by atoms with van der Waals surface area (Å²) in [5, 5.41) is 40.5. The van der Waals surface area contributed by atoms with E-state index in [2.05, 4.69) is 0 Å². The van der Waals surface area contributed by atoms with Gasteiger partial charge in [0, 0.05) is 6.07 Å². The van der Waals surface area contributed by atoms with Gasteiger partial charge < -0.3 is 25.2 Å². The van der Waals surface area contributed by atoms with Gasteiger partial charge in [0.15, 0.2) is 5.78 Å². The number of aliphatic hydroxyl groups excluding tert-OH is 1. The van der Waals surface area contributed by atoms with Crippen molar-refractivity contribution in [3.8, 4) is 23.0 Å². The molecule has 0 bridgehead atoms. The molecule has 1 heterocycles. The van der Waals surface area contributed by atoms with E-state index >= 15 is 0 Å². The zero-order chi connectivity index (χ0) is 15.1. The number of rotatable bonds is 1. The third-order valence-electron chi connectivity index (χ3n) is 3.36. The van der Waals surface area contributed by atoms with Gasteiger partial charge in [-0.1, -0.05) is 17.9 Å². The van der Waals surface area contributed by atoms with E-state index in [1.165, 1.54) is 24.3 Å². The molecule has 6 nitrogen and oxygen atoms in total. The zero-order valence-corrected chi connectivity index (χ0v) is 10.7.